The summed E-state index contributed by atoms with van der Waals surface area (Å²) in [7, 11) is 0. The fourth-order valence-electron chi connectivity index (χ4n) is 3.60. The van der Waals surface area contributed by atoms with Gasteiger partial charge in [-0.15, -0.1) is 0 Å². The average molecular weight is 460 g/mol. The largest absolute Gasteiger partial charge is 0.490 e. The number of carbonyl (C=O) groups excluding carboxylic acids is 1. The summed E-state index contributed by atoms with van der Waals surface area (Å²) < 4.78 is 26.6. The molecule has 0 spiro atoms. The Morgan fingerprint density at radius 1 is 0.941 bits per heavy atom. The first-order valence-corrected chi connectivity index (χ1v) is 11.1. The second-order valence-electron chi connectivity index (χ2n) is 7.54. The second-order valence-corrected chi connectivity index (χ2v) is 7.54. The highest BCUT2D eigenvalue weighted by Crippen LogP contribution is 2.31. The molecule has 0 aliphatic carbocycles. The van der Waals surface area contributed by atoms with Crippen molar-refractivity contribution in [3.05, 3.63) is 96.1 Å². The highest BCUT2D eigenvalue weighted by atomic mass is 19.1. The fourth-order valence-corrected chi connectivity index (χ4v) is 3.60. The van der Waals surface area contributed by atoms with Gasteiger partial charge in [0.25, 0.3) is 5.91 Å². The van der Waals surface area contributed by atoms with Gasteiger partial charge < -0.3 is 19.4 Å². The smallest absolute Gasteiger partial charge is 0.256 e. The van der Waals surface area contributed by atoms with Crippen LogP contribution >= 0.6 is 0 Å². The first kappa shape index (κ1) is 23.0. The van der Waals surface area contributed by atoms with Gasteiger partial charge in [0.15, 0.2) is 11.5 Å². The standard InChI is InChI=1S/C27H26FN3O3/c1-3-33-23-15-12-21(16-24(23)34-4-2)27(32)30-26-25(20-10-13-22(28)14-11-20)29-18-31(26)17-19-8-6-5-7-9-19/h5-16,18H,3-4,17H2,1-2H3,(H,30,32). The van der Waals surface area contributed by atoms with Crippen LogP contribution in [-0.2, 0) is 6.54 Å². The number of rotatable bonds is 9. The van der Waals surface area contributed by atoms with E-state index in [1.165, 1.54) is 12.1 Å². The number of benzene rings is 3. The van der Waals surface area contributed by atoms with Gasteiger partial charge in [0.2, 0.25) is 0 Å². The van der Waals surface area contributed by atoms with E-state index in [1.807, 2.05) is 48.7 Å². The summed E-state index contributed by atoms with van der Waals surface area (Å²) in [6.45, 7) is 5.22. The van der Waals surface area contributed by atoms with Crippen molar-refractivity contribution in [1.82, 2.24) is 9.55 Å². The molecule has 0 fully saturated rings. The molecular weight excluding hydrogens is 433 g/mol. The number of nitrogens with one attached hydrogen (secondary N) is 1. The lowest BCUT2D eigenvalue weighted by Gasteiger charge is -2.14. The normalized spacial score (nSPS) is 10.7. The summed E-state index contributed by atoms with van der Waals surface area (Å²) in [6.07, 6.45) is 1.67. The molecule has 1 heterocycles. The third-order valence-corrected chi connectivity index (χ3v) is 5.19. The second kappa shape index (κ2) is 10.7. The van der Waals surface area contributed by atoms with Gasteiger partial charge in [0.05, 0.1) is 26.1 Å². The van der Waals surface area contributed by atoms with Crippen LogP contribution in [0.2, 0.25) is 0 Å². The van der Waals surface area contributed by atoms with Crippen molar-refractivity contribution in [2.45, 2.75) is 20.4 Å². The molecule has 4 rings (SSSR count). The van der Waals surface area contributed by atoms with Gasteiger partial charge in [0.1, 0.15) is 17.3 Å². The molecule has 3 aromatic carbocycles. The maximum Gasteiger partial charge on any atom is 0.256 e. The number of carbonyl (C=O) groups is 1. The number of hydrogen-bond acceptors (Lipinski definition) is 4. The fraction of sp³-hybridized carbons (Fsp3) is 0.185. The van der Waals surface area contributed by atoms with E-state index in [-0.39, 0.29) is 11.7 Å². The highest BCUT2D eigenvalue weighted by Gasteiger charge is 2.18. The SMILES string of the molecule is CCOc1ccc(C(=O)Nc2c(-c3ccc(F)cc3)ncn2Cc2ccccc2)cc1OCC. The summed E-state index contributed by atoms with van der Waals surface area (Å²) in [6, 6.07) is 21.0. The summed E-state index contributed by atoms with van der Waals surface area (Å²) >= 11 is 0. The minimum atomic E-state index is -0.337. The van der Waals surface area contributed by atoms with Gasteiger partial charge in [-0.25, -0.2) is 9.37 Å². The zero-order chi connectivity index (χ0) is 23.9. The quantitative estimate of drug-likeness (QED) is 0.344. The Balaban J connectivity index is 1.69. The lowest BCUT2D eigenvalue weighted by Crippen LogP contribution is -2.16. The Morgan fingerprint density at radius 2 is 1.65 bits per heavy atom. The van der Waals surface area contributed by atoms with E-state index in [0.717, 1.165) is 5.56 Å². The third kappa shape index (κ3) is 5.26. The van der Waals surface area contributed by atoms with E-state index in [0.29, 0.717) is 53.9 Å². The summed E-state index contributed by atoms with van der Waals surface area (Å²) in [5.74, 6) is 0.959. The van der Waals surface area contributed by atoms with E-state index in [4.69, 9.17) is 9.47 Å². The van der Waals surface area contributed by atoms with Gasteiger partial charge in [-0.3, -0.25) is 4.79 Å². The van der Waals surface area contributed by atoms with Gasteiger partial charge in [-0.1, -0.05) is 30.3 Å². The maximum absolute atomic E-state index is 13.5. The number of hydrogen-bond donors (Lipinski definition) is 1. The summed E-state index contributed by atoms with van der Waals surface area (Å²) in [5, 5.41) is 3.00. The molecule has 4 aromatic rings. The van der Waals surface area contributed by atoms with Crippen molar-refractivity contribution in [1.29, 1.82) is 0 Å². The molecule has 0 aliphatic heterocycles. The Labute approximate surface area is 198 Å². The zero-order valence-electron chi connectivity index (χ0n) is 19.1. The van der Waals surface area contributed by atoms with Crippen LogP contribution in [0.4, 0.5) is 10.2 Å². The van der Waals surface area contributed by atoms with Crippen molar-refractivity contribution in [2.24, 2.45) is 0 Å². The molecule has 0 unspecified atom stereocenters. The van der Waals surface area contributed by atoms with Crippen LogP contribution in [0.3, 0.4) is 0 Å². The van der Waals surface area contributed by atoms with E-state index in [1.54, 1.807) is 36.7 Å². The molecule has 0 saturated heterocycles. The molecule has 1 amide bonds. The molecule has 0 saturated carbocycles. The molecule has 34 heavy (non-hydrogen) atoms. The zero-order valence-corrected chi connectivity index (χ0v) is 19.1. The molecule has 0 atom stereocenters. The van der Waals surface area contributed by atoms with E-state index < -0.39 is 0 Å². The summed E-state index contributed by atoms with van der Waals surface area (Å²) in [4.78, 5) is 17.8. The predicted octanol–water partition coefficient (Wildman–Crippen LogP) is 5.79. The van der Waals surface area contributed by atoms with Gasteiger partial charge >= 0.3 is 0 Å². The topological polar surface area (TPSA) is 65.4 Å². The molecule has 0 aliphatic rings. The van der Waals surface area contributed by atoms with E-state index in [9.17, 15) is 9.18 Å². The molecule has 0 radical (unpaired) electrons. The van der Waals surface area contributed by atoms with Gasteiger partial charge in [-0.2, -0.15) is 0 Å². The summed E-state index contributed by atoms with van der Waals surface area (Å²) in [5.41, 5.74) is 2.73. The van der Waals surface area contributed by atoms with Crippen molar-refractivity contribution in [2.75, 3.05) is 18.5 Å². The maximum atomic E-state index is 13.5. The molecule has 1 aromatic heterocycles. The number of imidazole rings is 1. The number of anilines is 1. The number of aromatic nitrogens is 2. The van der Waals surface area contributed by atoms with Crippen LogP contribution in [-0.4, -0.2) is 28.7 Å². The highest BCUT2D eigenvalue weighted by molar-refractivity contribution is 6.05. The molecule has 7 heteroatoms. The van der Waals surface area contributed by atoms with Crippen molar-refractivity contribution < 1.29 is 18.7 Å². The molecule has 1 N–H and O–H groups in total. The van der Waals surface area contributed by atoms with Crippen LogP contribution in [0.1, 0.15) is 29.8 Å². The number of amides is 1. The number of ether oxygens (including phenoxy) is 2. The van der Waals surface area contributed by atoms with Crippen LogP contribution in [0.5, 0.6) is 11.5 Å². The van der Waals surface area contributed by atoms with E-state index >= 15 is 0 Å². The Kier molecular flexibility index (Phi) is 7.22. The lowest BCUT2D eigenvalue weighted by atomic mass is 10.1. The lowest BCUT2D eigenvalue weighted by molar-refractivity contribution is 0.102. The van der Waals surface area contributed by atoms with Crippen molar-refractivity contribution in [3.8, 4) is 22.8 Å². The van der Waals surface area contributed by atoms with Crippen LogP contribution < -0.4 is 14.8 Å². The van der Waals surface area contributed by atoms with Crippen LogP contribution in [0.25, 0.3) is 11.3 Å². The van der Waals surface area contributed by atoms with Crippen LogP contribution in [0.15, 0.2) is 79.1 Å². The average Bonchev–Trinajstić information content (AvgIpc) is 3.23. The third-order valence-electron chi connectivity index (χ3n) is 5.19. The Hall–Kier alpha value is -4.13. The molecular formula is C27H26FN3O3. The van der Waals surface area contributed by atoms with Gasteiger partial charge in [0, 0.05) is 11.1 Å². The Morgan fingerprint density at radius 3 is 2.35 bits per heavy atom. The minimum Gasteiger partial charge on any atom is -0.490 e. The van der Waals surface area contributed by atoms with Crippen LogP contribution in [0, 0.1) is 5.82 Å². The number of halogens is 1. The minimum absolute atomic E-state index is 0.317. The number of nitrogens with zero attached hydrogens (tertiary/aromatic N) is 2. The predicted molar refractivity (Wildman–Crippen MR) is 130 cm³/mol. The Bertz CT molecular complexity index is 1250. The molecule has 0 bridgehead atoms. The first-order chi connectivity index (χ1) is 16.6. The monoisotopic (exact) mass is 459 g/mol. The van der Waals surface area contributed by atoms with Gasteiger partial charge in [-0.05, 0) is 61.9 Å². The van der Waals surface area contributed by atoms with Crippen molar-refractivity contribution in [3.63, 3.8) is 0 Å². The molecule has 6 nitrogen and oxygen atoms in total. The van der Waals surface area contributed by atoms with Crippen molar-refractivity contribution >= 4 is 11.7 Å². The molecule has 174 valence electrons. The first-order valence-electron chi connectivity index (χ1n) is 11.1. The van der Waals surface area contributed by atoms with E-state index in [2.05, 4.69) is 10.3 Å².